The van der Waals surface area contributed by atoms with Crippen molar-refractivity contribution in [2.45, 2.75) is 23.4 Å². The monoisotopic (exact) mass is 547 g/mol. The third-order valence-electron chi connectivity index (χ3n) is 5.10. The number of fused-ring (bicyclic) bond motifs is 1. The van der Waals surface area contributed by atoms with Crippen LogP contribution in [0.2, 0.25) is 0 Å². The van der Waals surface area contributed by atoms with Crippen LogP contribution in [-0.2, 0) is 26.3 Å². The molecule has 15 heteroatoms. The molecule has 12 nitrogen and oxygen atoms in total. The molecule has 188 valence electrons. The van der Waals surface area contributed by atoms with Crippen molar-refractivity contribution in [1.29, 1.82) is 0 Å². The van der Waals surface area contributed by atoms with Gasteiger partial charge in [0.1, 0.15) is 25.1 Å². The minimum atomic E-state index is -1.46. The van der Waals surface area contributed by atoms with Gasteiger partial charge in [-0.05, 0) is 41.8 Å². The van der Waals surface area contributed by atoms with Crippen LogP contribution in [0.15, 0.2) is 57.3 Å². The number of oxime groups is 1. The van der Waals surface area contributed by atoms with E-state index in [1.807, 2.05) is 36.0 Å². The van der Waals surface area contributed by atoms with Crippen molar-refractivity contribution in [3.05, 3.63) is 53.0 Å². The first kappa shape index (κ1) is 25.7. The van der Waals surface area contributed by atoms with Crippen LogP contribution >= 0.6 is 35.1 Å². The SMILES string of the molecule is CCON=C(C(=O)NC1C(=O)N2C(C(=O)[O-])=C(C=CSc3cccc[n+]3C)CS[C@H]12)c1nsc(N)n1. The van der Waals surface area contributed by atoms with E-state index in [1.165, 1.54) is 23.5 Å². The molecule has 2 aliphatic rings. The zero-order valence-corrected chi connectivity index (χ0v) is 21.6. The lowest BCUT2D eigenvalue weighted by atomic mass is 10.0. The quantitative estimate of drug-likeness (QED) is 0.136. The van der Waals surface area contributed by atoms with Gasteiger partial charge in [-0.1, -0.05) is 5.16 Å². The molecule has 0 bridgehead atoms. The number of thioether (sulfide) groups is 2. The number of amides is 2. The highest BCUT2D eigenvalue weighted by Gasteiger charge is 2.53. The number of carbonyl (C=O) groups excluding carboxylic acids is 3. The second kappa shape index (κ2) is 11.1. The zero-order valence-electron chi connectivity index (χ0n) is 19.1. The van der Waals surface area contributed by atoms with Crippen LogP contribution in [0.4, 0.5) is 5.13 Å². The van der Waals surface area contributed by atoms with Crippen molar-refractivity contribution in [3.63, 3.8) is 0 Å². The van der Waals surface area contributed by atoms with Crippen LogP contribution in [0.3, 0.4) is 0 Å². The van der Waals surface area contributed by atoms with Gasteiger partial charge in [0, 0.05) is 29.4 Å². The standard InChI is InChI=1S/C21H21N7O5S3/c1-3-33-25-13(16-24-21(22)36-26-16)17(29)23-14-18(30)28-15(20(31)32)11(10-35-19(14)28)7-9-34-12-6-4-5-8-27(12)2/h4-9,14,19H,3,10H2,1-2H3,(H3-,22,23,24,26,29,31,32)/t14?,19-/m1/s1. The number of rotatable bonds is 9. The Balaban J connectivity index is 1.50. The molecule has 1 fully saturated rings. The van der Waals surface area contributed by atoms with Gasteiger partial charge in [-0.25, -0.2) is 0 Å². The molecule has 4 rings (SSSR count). The number of carboxylic acids is 1. The summed E-state index contributed by atoms with van der Waals surface area (Å²) in [5.74, 6) is -2.50. The van der Waals surface area contributed by atoms with Crippen molar-refractivity contribution in [3.8, 4) is 0 Å². The van der Waals surface area contributed by atoms with E-state index in [0.717, 1.165) is 21.5 Å². The Morgan fingerprint density at radius 2 is 2.28 bits per heavy atom. The summed E-state index contributed by atoms with van der Waals surface area (Å²) in [6.07, 6.45) is 3.57. The number of aliphatic carboxylic acids is 1. The van der Waals surface area contributed by atoms with Gasteiger partial charge in [0.05, 0.1) is 11.7 Å². The number of pyridine rings is 1. The third kappa shape index (κ3) is 5.22. The van der Waals surface area contributed by atoms with E-state index in [0.29, 0.717) is 11.3 Å². The maximum atomic E-state index is 12.9. The summed E-state index contributed by atoms with van der Waals surface area (Å²) in [4.78, 5) is 47.9. The number of aromatic nitrogens is 3. The fourth-order valence-corrected chi connectivity index (χ4v) is 5.94. The molecule has 1 saturated heterocycles. The van der Waals surface area contributed by atoms with Gasteiger partial charge in [0.15, 0.2) is 11.3 Å². The fourth-order valence-electron chi connectivity index (χ4n) is 3.43. The van der Waals surface area contributed by atoms with Crippen molar-refractivity contribution < 1.29 is 28.9 Å². The van der Waals surface area contributed by atoms with E-state index in [2.05, 4.69) is 19.8 Å². The number of carboxylic acid groups (broad SMARTS) is 1. The molecule has 1 unspecified atom stereocenters. The lowest BCUT2D eigenvalue weighted by Gasteiger charge is -2.50. The Bertz CT molecular complexity index is 1290. The van der Waals surface area contributed by atoms with Crippen LogP contribution in [0.25, 0.3) is 0 Å². The number of hydrogen-bond acceptors (Lipinski definition) is 12. The van der Waals surface area contributed by atoms with Gasteiger partial charge in [-0.2, -0.15) is 13.9 Å². The van der Waals surface area contributed by atoms with Crippen LogP contribution in [0, 0.1) is 0 Å². The molecular weight excluding hydrogens is 526 g/mol. The molecular formula is C21H21N7O5S3. The number of nitrogens with one attached hydrogen (secondary N) is 1. The minimum Gasteiger partial charge on any atom is -0.543 e. The number of β-lactam (4-membered cyclic amide) rings is 1. The van der Waals surface area contributed by atoms with E-state index in [-0.39, 0.29) is 29.0 Å². The Hall–Kier alpha value is -3.43. The highest BCUT2D eigenvalue weighted by molar-refractivity contribution is 8.02. The van der Waals surface area contributed by atoms with Gasteiger partial charge in [0.25, 0.3) is 11.8 Å². The Morgan fingerprint density at radius 3 is 2.94 bits per heavy atom. The minimum absolute atomic E-state index is 0.0320. The highest BCUT2D eigenvalue weighted by Crippen LogP contribution is 2.40. The molecule has 2 aliphatic heterocycles. The second-order valence-corrected chi connectivity index (χ2v) is 10.2. The van der Waals surface area contributed by atoms with Crippen molar-refractivity contribution >= 4 is 63.7 Å². The number of nitrogens with two attached hydrogens (primary N) is 1. The Labute approximate surface area is 218 Å². The summed E-state index contributed by atoms with van der Waals surface area (Å²) in [6.45, 7) is 1.88. The highest BCUT2D eigenvalue weighted by atomic mass is 32.2. The molecule has 3 N–H and O–H groups in total. The molecule has 2 aromatic rings. The number of nitrogens with zero attached hydrogens (tertiary/aromatic N) is 5. The maximum Gasteiger partial charge on any atom is 0.278 e. The van der Waals surface area contributed by atoms with Gasteiger partial charge in [0.2, 0.25) is 16.6 Å². The number of aryl methyl sites for hydroxylation is 1. The van der Waals surface area contributed by atoms with E-state index in [9.17, 15) is 19.5 Å². The normalized spacial score (nSPS) is 19.8. The predicted molar refractivity (Wildman–Crippen MR) is 132 cm³/mol. The largest absolute Gasteiger partial charge is 0.543 e. The summed E-state index contributed by atoms with van der Waals surface area (Å²) in [5.41, 5.74) is 5.61. The van der Waals surface area contributed by atoms with Crippen LogP contribution in [0.1, 0.15) is 12.7 Å². The fraction of sp³-hybridized carbons (Fsp3) is 0.286. The smallest absolute Gasteiger partial charge is 0.278 e. The first-order chi connectivity index (χ1) is 17.3. The maximum absolute atomic E-state index is 12.9. The van der Waals surface area contributed by atoms with Crippen molar-refractivity contribution in [1.82, 2.24) is 19.6 Å². The van der Waals surface area contributed by atoms with Crippen LogP contribution in [0.5, 0.6) is 0 Å². The molecule has 0 spiro atoms. The molecule has 2 amide bonds. The van der Waals surface area contributed by atoms with Crippen LogP contribution in [-0.4, -0.2) is 61.5 Å². The molecule has 4 heterocycles. The third-order valence-corrected chi connectivity index (χ3v) is 7.88. The van der Waals surface area contributed by atoms with Gasteiger partial charge >= 0.3 is 0 Å². The lowest BCUT2D eigenvalue weighted by molar-refractivity contribution is -0.708. The van der Waals surface area contributed by atoms with E-state index < -0.39 is 29.2 Å². The summed E-state index contributed by atoms with van der Waals surface area (Å²) < 4.78 is 5.90. The molecule has 2 aromatic heterocycles. The predicted octanol–water partition coefficient (Wildman–Crippen LogP) is -0.605. The first-order valence-electron chi connectivity index (χ1n) is 10.6. The van der Waals surface area contributed by atoms with E-state index in [4.69, 9.17) is 10.6 Å². The summed E-state index contributed by atoms with van der Waals surface area (Å²) in [5, 5.41) is 20.5. The number of nitrogen functional groups attached to an aromatic ring is 1. The number of carbonyl (C=O) groups is 3. The number of anilines is 1. The number of hydrogen-bond donors (Lipinski definition) is 2. The summed E-state index contributed by atoms with van der Waals surface area (Å²) in [6, 6.07) is 4.77. The summed E-state index contributed by atoms with van der Waals surface area (Å²) >= 11 is 3.63. The van der Waals surface area contributed by atoms with E-state index in [1.54, 1.807) is 18.4 Å². The van der Waals surface area contributed by atoms with Gasteiger partial charge in [-0.3, -0.25) is 14.5 Å². The average Bonchev–Trinajstić information content (AvgIpc) is 3.29. The molecule has 2 atom stereocenters. The van der Waals surface area contributed by atoms with Gasteiger partial charge < -0.3 is 25.8 Å². The van der Waals surface area contributed by atoms with E-state index >= 15 is 0 Å². The molecule has 0 saturated carbocycles. The van der Waals surface area contributed by atoms with Crippen molar-refractivity contribution in [2.75, 3.05) is 18.1 Å². The Kier molecular flexibility index (Phi) is 7.91. The second-order valence-electron chi connectivity index (χ2n) is 7.41. The van der Waals surface area contributed by atoms with Crippen molar-refractivity contribution in [2.24, 2.45) is 12.2 Å². The lowest BCUT2D eigenvalue weighted by Crippen LogP contribution is -2.71. The Morgan fingerprint density at radius 1 is 1.47 bits per heavy atom. The molecule has 0 aromatic carbocycles. The summed E-state index contributed by atoms with van der Waals surface area (Å²) in [7, 11) is 1.90. The zero-order chi connectivity index (χ0) is 25.8. The molecule has 36 heavy (non-hydrogen) atoms. The molecule has 0 aliphatic carbocycles. The molecule has 0 radical (unpaired) electrons. The average molecular weight is 548 g/mol. The van der Waals surface area contributed by atoms with Gasteiger partial charge in [-0.15, -0.1) is 11.8 Å². The van der Waals surface area contributed by atoms with Crippen LogP contribution < -0.4 is 20.7 Å². The first-order valence-corrected chi connectivity index (χ1v) is 13.3. The topological polar surface area (TPSA) is 167 Å². The number of allylic oxidation sites excluding steroid dienone is 1.